The molecule has 1 heterocycles. The lowest BCUT2D eigenvalue weighted by atomic mass is 10.1. The van der Waals surface area contributed by atoms with E-state index in [1.54, 1.807) is 6.08 Å². The minimum absolute atomic E-state index is 0.224. The number of halogens is 3. The number of carbonyl (C=O) groups excluding carboxylic acids is 1. The van der Waals surface area contributed by atoms with E-state index in [0.717, 1.165) is 30.3 Å². The van der Waals surface area contributed by atoms with Crippen molar-refractivity contribution in [3.8, 4) is 11.5 Å². The molecule has 0 spiro atoms. The molecule has 174 valence electrons. The summed E-state index contributed by atoms with van der Waals surface area (Å²) >= 11 is 9.40. The SMILES string of the molecule is CCOc1cc(/C=C2\N=C(c3ccc(I)c(C)c3)OC2=O)cc(Br)c1OCc1ccccc1Br. The number of cyclic esters (lactones) is 1. The quantitative estimate of drug-likeness (QED) is 0.146. The molecule has 0 amide bonds. The molecule has 3 aromatic carbocycles. The number of carbonyl (C=O) groups is 1. The fourth-order valence-electron chi connectivity index (χ4n) is 3.31. The smallest absolute Gasteiger partial charge is 0.363 e. The van der Waals surface area contributed by atoms with Crippen LogP contribution in [0.4, 0.5) is 0 Å². The average Bonchev–Trinajstić information content (AvgIpc) is 3.16. The van der Waals surface area contributed by atoms with Crippen LogP contribution in [0.2, 0.25) is 0 Å². The zero-order valence-electron chi connectivity index (χ0n) is 18.4. The molecule has 0 bridgehead atoms. The van der Waals surface area contributed by atoms with Crippen LogP contribution in [0.5, 0.6) is 11.5 Å². The molecular weight excluding hydrogens is 677 g/mol. The first-order valence-corrected chi connectivity index (χ1v) is 13.1. The van der Waals surface area contributed by atoms with Crippen LogP contribution in [-0.4, -0.2) is 18.5 Å². The van der Waals surface area contributed by atoms with Gasteiger partial charge in [0, 0.05) is 19.2 Å². The molecule has 8 heteroatoms. The first kappa shape index (κ1) is 24.9. The standard InChI is InChI=1S/C26H20Br2INO4/c1-3-32-23-13-16(11-20(28)24(23)33-14-18-6-4-5-7-19(18)27)12-22-26(31)34-25(30-22)17-8-9-21(29)15(2)10-17/h4-13H,3,14H2,1-2H3/b22-12-. The van der Waals surface area contributed by atoms with Gasteiger partial charge in [-0.3, -0.25) is 0 Å². The normalized spacial score (nSPS) is 14.2. The maximum absolute atomic E-state index is 12.5. The third-order valence-electron chi connectivity index (χ3n) is 4.99. The number of aryl methyl sites for hydroxylation is 1. The predicted octanol–water partition coefficient (Wildman–Crippen LogP) is 7.45. The topological polar surface area (TPSA) is 57.1 Å². The summed E-state index contributed by atoms with van der Waals surface area (Å²) in [6, 6.07) is 17.4. The third kappa shape index (κ3) is 5.72. The monoisotopic (exact) mass is 695 g/mol. The molecule has 0 aliphatic carbocycles. The number of nitrogens with zero attached hydrogens (tertiary/aromatic N) is 1. The van der Waals surface area contributed by atoms with Crippen molar-refractivity contribution in [2.24, 2.45) is 4.99 Å². The Hall–Kier alpha value is -2.17. The zero-order chi connectivity index (χ0) is 24.2. The van der Waals surface area contributed by atoms with E-state index in [0.29, 0.717) is 35.1 Å². The van der Waals surface area contributed by atoms with Crippen molar-refractivity contribution >= 4 is 72.4 Å². The first-order valence-electron chi connectivity index (χ1n) is 10.5. The molecule has 0 radical (unpaired) electrons. The van der Waals surface area contributed by atoms with Crippen molar-refractivity contribution in [3.63, 3.8) is 0 Å². The largest absolute Gasteiger partial charge is 0.490 e. The Bertz CT molecular complexity index is 1320. The molecule has 34 heavy (non-hydrogen) atoms. The van der Waals surface area contributed by atoms with Crippen LogP contribution in [0.3, 0.4) is 0 Å². The lowest BCUT2D eigenvalue weighted by molar-refractivity contribution is -0.129. The van der Waals surface area contributed by atoms with Gasteiger partial charge in [0.2, 0.25) is 5.90 Å². The number of hydrogen-bond donors (Lipinski definition) is 0. The van der Waals surface area contributed by atoms with Crippen LogP contribution in [0, 0.1) is 10.5 Å². The third-order valence-corrected chi connectivity index (χ3v) is 7.56. The summed E-state index contributed by atoms with van der Waals surface area (Å²) in [5.41, 5.74) is 3.84. The lowest BCUT2D eigenvalue weighted by Gasteiger charge is -2.15. The van der Waals surface area contributed by atoms with Crippen LogP contribution in [0.15, 0.2) is 74.2 Å². The molecule has 0 N–H and O–H groups in total. The Kier molecular flexibility index (Phi) is 8.10. The fraction of sp³-hybridized carbons (Fsp3) is 0.154. The molecule has 0 unspecified atom stereocenters. The Morgan fingerprint density at radius 3 is 2.59 bits per heavy atom. The number of rotatable bonds is 7. The summed E-state index contributed by atoms with van der Waals surface area (Å²) in [4.78, 5) is 16.9. The molecule has 0 saturated carbocycles. The van der Waals surface area contributed by atoms with Gasteiger partial charge in [-0.1, -0.05) is 34.1 Å². The maximum Gasteiger partial charge on any atom is 0.363 e. The highest BCUT2D eigenvalue weighted by Crippen LogP contribution is 2.38. The van der Waals surface area contributed by atoms with E-state index < -0.39 is 5.97 Å². The van der Waals surface area contributed by atoms with Gasteiger partial charge in [0.1, 0.15) is 6.61 Å². The van der Waals surface area contributed by atoms with Gasteiger partial charge in [-0.15, -0.1) is 0 Å². The second-order valence-electron chi connectivity index (χ2n) is 7.44. The minimum atomic E-state index is -0.491. The maximum atomic E-state index is 12.5. The summed E-state index contributed by atoms with van der Waals surface area (Å²) in [6.07, 6.45) is 1.68. The summed E-state index contributed by atoms with van der Waals surface area (Å²) in [5.74, 6) is 0.967. The molecule has 0 atom stereocenters. The van der Waals surface area contributed by atoms with Crippen LogP contribution < -0.4 is 9.47 Å². The van der Waals surface area contributed by atoms with E-state index in [2.05, 4.69) is 59.4 Å². The highest BCUT2D eigenvalue weighted by atomic mass is 127. The van der Waals surface area contributed by atoms with Gasteiger partial charge in [-0.05, 0) is 106 Å². The van der Waals surface area contributed by atoms with Crippen molar-refractivity contribution in [1.29, 1.82) is 0 Å². The molecule has 4 rings (SSSR count). The van der Waals surface area contributed by atoms with Crippen LogP contribution in [-0.2, 0) is 16.1 Å². The second kappa shape index (κ2) is 11.0. The van der Waals surface area contributed by atoms with Crippen molar-refractivity contribution in [2.75, 3.05) is 6.61 Å². The van der Waals surface area contributed by atoms with E-state index in [9.17, 15) is 4.79 Å². The van der Waals surface area contributed by atoms with Crippen molar-refractivity contribution in [3.05, 3.63) is 95.1 Å². The van der Waals surface area contributed by atoms with Gasteiger partial charge in [-0.25, -0.2) is 9.79 Å². The number of ether oxygens (including phenoxy) is 3. The highest BCUT2D eigenvalue weighted by Gasteiger charge is 2.25. The number of aliphatic imine (C=N–C) groups is 1. The summed E-state index contributed by atoms with van der Waals surface area (Å²) in [5, 5.41) is 0. The molecule has 0 aromatic heterocycles. The minimum Gasteiger partial charge on any atom is -0.490 e. The van der Waals surface area contributed by atoms with Gasteiger partial charge in [-0.2, -0.15) is 0 Å². The van der Waals surface area contributed by atoms with Gasteiger partial charge < -0.3 is 14.2 Å². The molecule has 5 nitrogen and oxygen atoms in total. The lowest BCUT2D eigenvalue weighted by Crippen LogP contribution is -2.05. The molecule has 3 aromatic rings. The van der Waals surface area contributed by atoms with Gasteiger partial charge in [0.25, 0.3) is 0 Å². The second-order valence-corrected chi connectivity index (χ2v) is 10.3. The number of esters is 1. The zero-order valence-corrected chi connectivity index (χ0v) is 23.7. The van der Waals surface area contributed by atoms with Crippen LogP contribution in [0.25, 0.3) is 6.08 Å². The molecule has 0 saturated heterocycles. The van der Waals surface area contributed by atoms with Crippen molar-refractivity contribution < 1.29 is 19.0 Å². The van der Waals surface area contributed by atoms with Crippen LogP contribution in [0.1, 0.15) is 29.2 Å². The van der Waals surface area contributed by atoms with Gasteiger partial charge in [0.15, 0.2) is 17.2 Å². The first-order chi connectivity index (χ1) is 16.4. The summed E-state index contributed by atoms with van der Waals surface area (Å²) in [6.45, 7) is 4.75. The Morgan fingerprint density at radius 1 is 1.06 bits per heavy atom. The number of benzene rings is 3. The van der Waals surface area contributed by atoms with E-state index >= 15 is 0 Å². The Morgan fingerprint density at radius 2 is 1.85 bits per heavy atom. The summed E-state index contributed by atoms with van der Waals surface area (Å²) in [7, 11) is 0. The van der Waals surface area contributed by atoms with E-state index in [4.69, 9.17) is 14.2 Å². The molecule has 1 aliphatic rings. The van der Waals surface area contributed by atoms with Crippen molar-refractivity contribution in [1.82, 2.24) is 0 Å². The highest BCUT2D eigenvalue weighted by molar-refractivity contribution is 14.1. The van der Waals surface area contributed by atoms with E-state index in [1.165, 1.54) is 0 Å². The van der Waals surface area contributed by atoms with Crippen LogP contribution >= 0.6 is 54.5 Å². The van der Waals surface area contributed by atoms with E-state index in [-0.39, 0.29) is 5.70 Å². The van der Waals surface area contributed by atoms with Gasteiger partial charge in [0.05, 0.1) is 11.1 Å². The Labute approximate surface area is 228 Å². The van der Waals surface area contributed by atoms with Crippen molar-refractivity contribution in [2.45, 2.75) is 20.5 Å². The summed E-state index contributed by atoms with van der Waals surface area (Å²) < 4.78 is 20.2. The molecule has 0 fully saturated rings. The molecular formula is C26H20Br2INO4. The molecule has 1 aliphatic heterocycles. The number of hydrogen-bond acceptors (Lipinski definition) is 5. The predicted molar refractivity (Wildman–Crippen MR) is 148 cm³/mol. The fourth-order valence-corrected chi connectivity index (χ4v) is 4.62. The average molecular weight is 697 g/mol. The van der Waals surface area contributed by atoms with E-state index in [1.807, 2.05) is 68.4 Å². The van der Waals surface area contributed by atoms with Gasteiger partial charge >= 0.3 is 5.97 Å². The Balaban J connectivity index is 1.62.